The van der Waals surface area contributed by atoms with Crippen LogP contribution in [0.4, 0.5) is 8.78 Å². The first kappa shape index (κ1) is 19.5. The van der Waals surface area contributed by atoms with Crippen molar-refractivity contribution in [2.24, 2.45) is 0 Å². The lowest BCUT2D eigenvalue weighted by Gasteiger charge is -2.10. The topological polar surface area (TPSA) is 59.4 Å². The molecule has 0 amide bonds. The van der Waals surface area contributed by atoms with Crippen molar-refractivity contribution < 1.29 is 23.4 Å². The largest absolute Gasteiger partial charge is 0.494 e. The molecule has 3 aromatic carbocycles. The van der Waals surface area contributed by atoms with E-state index in [1.807, 2.05) is 6.92 Å². The van der Waals surface area contributed by atoms with Gasteiger partial charge >= 0.3 is 5.97 Å². The summed E-state index contributed by atoms with van der Waals surface area (Å²) >= 11 is 0. The number of benzene rings is 3. The zero-order valence-electron chi connectivity index (χ0n) is 16.0. The maximum Gasteiger partial charge on any atom is 0.336 e. The number of rotatable bonds is 5. The third kappa shape index (κ3) is 3.72. The number of carboxylic acids is 1. The van der Waals surface area contributed by atoms with E-state index in [1.54, 1.807) is 36.4 Å². The summed E-state index contributed by atoms with van der Waals surface area (Å²) in [5.74, 6) is -1.52. The van der Waals surface area contributed by atoms with Gasteiger partial charge in [-0.25, -0.2) is 18.6 Å². The van der Waals surface area contributed by atoms with Crippen molar-refractivity contribution in [1.82, 2.24) is 4.98 Å². The number of carbonyl (C=O) groups is 1. The number of pyridine rings is 1. The number of nitrogens with zero attached hydrogens (tertiary/aromatic N) is 1. The Morgan fingerprint density at radius 1 is 0.967 bits per heavy atom. The number of aromatic nitrogens is 1. The third-order valence-electron chi connectivity index (χ3n) is 4.74. The van der Waals surface area contributed by atoms with Crippen LogP contribution in [0.1, 0.15) is 17.3 Å². The molecule has 6 heteroatoms. The van der Waals surface area contributed by atoms with E-state index < -0.39 is 17.6 Å². The highest BCUT2D eigenvalue weighted by atomic mass is 19.1. The number of hydrogen-bond donors (Lipinski definition) is 1. The molecule has 4 aromatic rings. The van der Waals surface area contributed by atoms with Crippen molar-refractivity contribution >= 4 is 16.9 Å². The molecule has 0 unspecified atom stereocenters. The highest BCUT2D eigenvalue weighted by Crippen LogP contribution is 2.30. The lowest BCUT2D eigenvalue weighted by atomic mass is 10.00. The maximum absolute atomic E-state index is 14.9. The van der Waals surface area contributed by atoms with Crippen molar-refractivity contribution in [3.8, 4) is 28.1 Å². The smallest absolute Gasteiger partial charge is 0.336 e. The molecule has 0 aliphatic carbocycles. The molecule has 4 rings (SSSR count). The lowest BCUT2D eigenvalue weighted by Crippen LogP contribution is -2.01. The fourth-order valence-electron chi connectivity index (χ4n) is 3.33. The number of fused-ring (bicyclic) bond motifs is 1. The molecule has 0 bridgehead atoms. The molecule has 0 saturated heterocycles. The van der Waals surface area contributed by atoms with Gasteiger partial charge in [-0.05, 0) is 55.0 Å². The van der Waals surface area contributed by atoms with Crippen LogP contribution in [-0.4, -0.2) is 22.7 Å². The molecular weight excluding hydrogens is 388 g/mol. The standard InChI is InChI=1S/C24H17F2NO3/c1-2-30-17-7-3-14(4-8-17)18-9-5-15(11-21(18)26)23-13-20(24(28)29)19-12-16(25)6-10-22(19)27-23/h3-13H,2H2,1H3,(H,28,29). The Labute approximate surface area is 171 Å². The van der Waals surface area contributed by atoms with Crippen LogP contribution in [0.5, 0.6) is 5.75 Å². The number of carboxylic acid groups (broad SMARTS) is 1. The highest BCUT2D eigenvalue weighted by Gasteiger charge is 2.15. The van der Waals surface area contributed by atoms with Gasteiger partial charge in [-0.2, -0.15) is 0 Å². The highest BCUT2D eigenvalue weighted by molar-refractivity contribution is 6.03. The summed E-state index contributed by atoms with van der Waals surface area (Å²) in [5.41, 5.74) is 2.05. The molecule has 0 saturated carbocycles. The summed E-state index contributed by atoms with van der Waals surface area (Å²) in [6.07, 6.45) is 0. The average molecular weight is 405 g/mol. The van der Waals surface area contributed by atoms with Crippen LogP contribution in [0.3, 0.4) is 0 Å². The van der Waals surface area contributed by atoms with Gasteiger partial charge in [-0.15, -0.1) is 0 Å². The molecule has 1 N–H and O–H groups in total. The summed E-state index contributed by atoms with van der Waals surface area (Å²) in [7, 11) is 0. The summed E-state index contributed by atoms with van der Waals surface area (Å²) in [4.78, 5) is 16.0. The fourth-order valence-corrected chi connectivity index (χ4v) is 3.33. The van der Waals surface area contributed by atoms with E-state index in [1.165, 1.54) is 24.3 Å². The Balaban J connectivity index is 1.76. The predicted molar refractivity (Wildman–Crippen MR) is 111 cm³/mol. The van der Waals surface area contributed by atoms with Gasteiger partial charge in [0.25, 0.3) is 0 Å². The lowest BCUT2D eigenvalue weighted by molar-refractivity contribution is 0.0699. The Morgan fingerprint density at radius 2 is 1.70 bits per heavy atom. The molecule has 0 aliphatic heterocycles. The van der Waals surface area contributed by atoms with E-state index >= 15 is 0 Å². The summed E-state index contributed by atoms with van der Waals surface area (Å²) < 4.78 is 33.8. The number of aromatic carboxylic acids is 1. The normalized spacial score (nSPS) is 10.9. The molecule has 30 heavy (non-hydrogen) atoms. The summed E-state index contributed by atoms with van der Waals surface area (Å²) in [6.45, 7) is 2.44. The molecule has 0 spiro atoms. The van der Waals surface area contributed by atoms with E-state index in [0.29, 0.717) is 40.3 Å². The second kappa shape index (κ2) is 7.91. The van der Waals surface area contributed by atoms with Crippen LogP contribution in [-0.2, 0) is 0 Å². The van der Waals surface area contributed by atoms with Gasteiger partial charge in [0.05, 0.1) is 23.4 Å². The monoisotopic (exact) mass is 405 g/mol. The van der Waals surface area contributed by atoms with Gasteiger partial charge in [-0.1, -0.05) is 24.3 Å². The summed E-state index contributed by atoms with van der Waals surface area (Å²) in [6, 6.07) is 16.8. The number of halogens is 2. The van der Waals surface area contributed by atoms with E-state index in [4.69, 9.17) is 4.74 Å². The van der Waals surface area contributed by atoms with E-state index in [0.717, 1.165) is 6.07 Å². The first-order valence-corrected chi connectivity index (χ1v) is 9.33. The zero-order valence-corrected chi connectivity index (χ0v) is 16.0. The quantitative estimate of drug-likeness (QED) is 0.446. The van der Waals surface area contributed by atoms with Crippen LogP contribution < -0.4 is 4.74 Å². The van der Waals surface area contributed by atoms with Gasteiger partial charge in [-0.3, -0.25) is 0 Å². The molecule has 0 radical (unpaired) electrons. The molecule has 0 atom stereocenters. The van der Waals surface area contributed by atoms with Crippen molar-refractivity contribution in [3.05, 3.63) is 83.9 Å². The average Bonchev–Trinajstić information content (AvgIpc) is 2.73. The van der Waals surface area contributed by atoms with Gasteiger partial charge in [0.15, 0.2) is 0 Å². The van der Waals surface area contributed by atoms with Crippen molar-refractivity contribution in [2.75, 3.05) is 6.61 Å². The Morgan fingerprint density at radius 3 is 2.37 bits per heavy atom. The molecule has 0 aliphatic rings. The zero-order chi connectivity index (χ0) is 21.3. The van der Waals surface area contributed by atoms with Crippen molar-refractivity contribution in [3.63, 3.8) is 0 Å². The number of ether oxygens (including phenoxy) is 1. The van der Waals surface area contributed by atoms with Gasteiger partial charge in [0, 0.05) is 16.5 Å². The maximum atomic E-state index is 14.9. The van der Waals surface area contributed by atoms with Gasteiger partial charge < -0.3 is 9.84 Å². The molecule has 4 nitrogen and oxygen atoms in total. The summed E-state index contributed by atoms with van der Waals surface area (Å²) in [5, 5.41) is 9.71. The van der Waals surface area contributed by atoms with Crippen LogP contribution >= 0.6 is 0 Å². The number of hydrogen-bond acceptors (Lipinski definition) is 3. The molecule has 0 fully saturated rings. The van der Waals surface area contributed by atoms with E-state index in [9.17, 15) is 18.7 Å². The minimum atomic E-state index is -1.21. The second-order valence-electron chi connectivity index (χ2n) is 6.67. The molecule has 1 aromatic heterocycles. The van der Waals surface area contributed by atoms with Crippen LogP contribution in [0.2, 0.25) is 0 Å². The van der Waals surface area contributed by atoms with Crippen molar-refractivity contribution in [2.45, 2.75) is 6.92 Å². The third-order valence-corrected chi connectivity index (χ3v) is 4.74. The van der Waals surface area contributed by atoms with E-state index in [2.05, 4.69) is 4.98 Å². The minimum Gasteiger partial charge on any atom is -0.494 e. The predicted octanol–water partition coefficient (Wildman–Crippen LogP) is 5.94. The molecular formula is C24H17F2NO3. The van der Waals surface area contributed by atoms with Crippen LogP contribution in [0.25, 0.3) is 33.3 Å². The second-order valence-corrected chi connectivity index (χ2v) is 6.67. The van der Waals surface area contributed by atoms with Crippen LogP contribution in [0, 0.1) is 11.6 Å². The molecule has 1 heterocycles. The Bertz CT molecular complexity index is 1250. The SMILES string of the molecule is CCOc1ccc(-c2ccc(-c3cc(C(=O)O)c4cc(F)ccc4n3)cc2F)cc1. The van der Waals surface area contributed by atoms with Gasteiger partial charge in [0.2, 0.25) is 0 Å². The minimum absolute atomic E-state index is 0.0921. The van der Waals surface area contributed by atoms with E-state index in [-0.39, 0.29) is 10.9 Å². The first-order valence-electron chi connectivity index (χ1n) is 9.33. The van der Waals surface area contributed by atoms with Crippen molar-refractivity contribution in [1.29, 1.82) is 0 Å². The van der Waals surface area contributed by atoms with Gasteiger partial charge in [0.1, 0.15) is 17.4 Å². The molecule has 150 valence electrons. The fraction of sp³-hybridized carbons (Fsp3) is 0.0833. The first-order chi connectivity index (χ1) is 14.5. The Hall–Kier alpha value is -3.80. The Kier molecular flexibility index (Phi) is 5.14. The van der Waals surface area contributed by atoms with Crippen LogP contribution in [0.15, 0.2) is 66.7 Å².